The van der Waals surface area contributed by atoms with Crippen LogP contribution in [0.3, 0.4) is 0 Å². The number of rotatable bonds is 3. The van der Waals surface area contributed by atoms with Gasteiger partial charge < -0.3 is 10.2 Å². The van der Waals surface area contributed by atoms with Crippen molar-refractivity contribution in [2.45, 2.75) is 33.7 Å². The molecule has 0 aromatic heterocycles. The molecule has 19 heavy (non-hydrogen) atoms. The molecule has 2 rings (SSSR count). The summed E-state index contributed by atoms with van der Waals surface area (Å²) in [4.78, 5) is 2.40. The van der Waals surface area contributed by atoms with Crippen molar-refractivity contribution in [3.63, 3.8) is 0 Å². The molecule has 0 aliphatic carbocycles. The van der Waals surface area contributed by atoms with Gasteiger partial charge in [-0.1, -0.05) is 20.8 Å². The van der Waals surface area contributed by atoms with Crippen LogP contribution in [0.1, 0.15) is 32.8 Å². The fourth-order valence-corrected chi connectivity index (χ4v) is 2.88. The summed E-state index contributed by atoms with van der Waals surface area (Å²) >= 11 is 0. The van der Waals surface area contributed by atoms with Crippen molar-refractivity contribution in [1.82, 2.24) is 5.32 Å². The lowest BCUT2D eigenvalue weighted by atomic mass is 9.80. The molecular weight excluding hydrogens is 239 g/mol. The molecule has 0 bridgehead atoms. The summed E-state index contributed by atoms with van der Waals surface area (Å²) in [6.45, 7) is 9.78. The lowest BCUT2D eigenvalue weighted by Gasteiger charge is -2.28. The fourth-order valence-electron chi connectivity index (χ4n) is 2.88. The van der Waals surface area contributed by atoms with Gasteiger partial charge in [-0.25, -0.2) is 4.39 Å². The van der Waals surface area contributed by atoms with Crippen LogP contribution in [0.15, 0.2) is 18.2 Å². The number of hydrogen-bond donors (Lipinski definition) is 1. The first-order chi connectivity index (χ1) is 8.91. The number of anilines is 1. The van der Waals surface area contributed by atoms with E-state index in [0.29, 0.717) is 17.9 Å². The van der Waals surface area contributed by atoms with E-state index in [4.69, 9.17) is 0 Å². The van der Waals surface area contributed by atoms with Crippen LogP contribution >= 0.6 is 0 Å². The molecule has 2 nitrogen and oxygen atoms in total. The largest absolute Gasteiger partial charge is 0.371 e. The van der Waals surface area contributed by atoms with Crippen molar-refractivity contribution in [3.8, 4) is 0 Å². The quantitative estimate of drug-likeness (QED) is 0.900. The first-order valence-corrected chi connectivity index (χ1v) is 7.10. The van der Waals surface area contributed by atoms with Gasteiger partial charge in [-0.3, -0.25) is 0 Å². The Morgan fingerprint density at radius 1 is 1.37 bits per heavy atom. The van der Waals surface area contributed by atoms with Crippen LogP contribution in [-0.2, 0) is 6.54 Å². The Kier molecular flexibility index (Phi) is 4.14. The molecule has 1 N–H and O–H groups in total. The van der Waals surface area contributed by atoms with E-state index in [-0.39, 0.29) is 5.82 Å². The summed E-state index contributed by atoms with van der Waals surface area (Å²) in [5.41, 5.74) is 2.58. The molecule has 1 unspecified atom stereocenters. The highest BCUT2D eigenvalue weighted by Gasteiger charge is 2.32. The molecule has 0 saturated carbocycles. The lowest BCUT2D eigenvalue weighted by Crippen LogP contribution is -2.26. The molecule has 1 aliphatic heterocycles. The van der Waals surface area contributed by atoms with Crippen LogP contribution in [0.4, 0.5) is 10.1 Å². The van der Waals surface area contributed by atoms with Gasteiger partial charge in [-0.15, -0.1) is 0 Å². The van der Waals surface area contributed by atoms with E-state index in [1.807, 2.05) is 13.1 Å². The number of nitrogens with zero attached hydrogens (tertiary/aromatic N) is 1. The summed E-state index contributed by atoms with van der Waals surface area (Å²) in [6, 6.07) is 5.14. The van der Waals surface area contributed by atoms with Crippen LogP contribution in [0.5, 0.6) is 0 Å². The third kappa shape index (κ3) is 3.27. The Morgan fingerprint density at radius 2 is 2.11 bits per heavy atom. The van der Waals surface area contributed by atoms with Crippen LogP contribution in [0, 0.1) is 17.2 Å². The Labute approximate surface area is 116 Å². The van der Waals surface area contributed by atoms with E-state index in [0.717, 1.165) is 18.7 Å². The van der Waals surface area contributed by atoms with Crippen molar-refractivity contribution in [2.24, 2.45) is 11.3 Å². The minimum Gasteiger partial charge on any atom is -0.371 e. The normalized spacial score (nSPS) is 20.1. The maximum Gasteiger partial charge on any atom is 0.123 e. The zero-order valence-corrected chi connectivity index (χ0v) is 12.5. The second-order valence-corrected chi connectivity index (χ2v) is 6.60. The van der Waals surface area contributed by atoms with Gasteiger partial charge in [-0.05, 0) is 48.6 Å². The lowest BCUT2D eigenvalue weighted by molar-refractivity contribution is 0.263. The van der Waals surface area contributed by atoms with Gasteiger partial charge in [0.05, 0.1) is 0 Å². The van der Waals surface area contributed by atoms with Crippen molar-refractivity contribution in [1.29, 1.82) is 0 Å². The minimum atomic E-state index is -0.152. The number of hydrogen-bond acceptors (Lipinski definition) is 2. The van der Waals surface area contributed by atoms with Gasteiger partial charge in [0.2, 0.25) is 0 Å². The maximum absolute atomic E-state index is 13.4. The van der Waals surface area contributed by atoms with Crippen molar-refractivity contribution >= 4 is 5.69 Å². The Hall–Kier alpha value is -1.09. The molecule has 1 atom stereocenters. The second-order valence-electron chi connectivity index (χ2n) is 6.60. The number of nitrogens with one attached hydrogen (secondary N) is 1. The summed E-state index contributed by atoms with van der Waals surface area (Å²) < 4.78 is 13.4. The van der Waals surface area contributed by atoms with Gasteiger partial charge in [-0.2, -0.15) is 0 Å². The van der Waals surface area contributed by atoms with E-state index in [1.165, 1.54) is 12.1 Å². The van der Waals surface area contributed by atoms with Gasteiger partial charge in [0.25, 0.3) is 0 Å². The van der Waals surface area contributed by atoms with Gasteiger partial charge in [0, 0.05) is 25.3 Å². The first kappa shape index (κ1) is 14.3. The Balaban J connectivity index is 2.19. The van der Waals surface area contributed by atoms with E-state index < -0.39 is 0 Å². The Morgan fingerprint density at radius 3 is 2.68 bits per heavy atom. The molecule has 0 radical (unpaired) electrons. The smallest absolute Gasteiger partial charge is 0.123 e. The highest BCUT2D eigenvalue weighted by molar-refractivity contribution is 5.54. The van der Waals surface area contributed by atoms with Gasteiger partial charge >= 0.3 is 0 Å². The van der Waals surface area contributed by atoms with E-state index in [2.05, 4.69) is 31.0 Å². The molecule has 1 fully saturated rings. The molecule has 1 aromatic rings. The van der Waals surface area contributed by atoms with Gasteiger partial charge in [0.15, 0.2) is 0 Å². The number of benzene rings is 1. The van der Waals surface area contributed by atoms with E-state index in [9.17, 15) is 4.39 Å². The summed E-state index contributed by atoms with van der Waals surface area (Å²) in [5.74, 6) is 0.556. The zero-order chi connectivity index (χ0) is 14.0. The minimum absolute atomic E-state index is 0.152. The van der Waals surface area contributed by atoms with Crippen LogP contribution in [-0.4, -0.2) is 20.1 Å². The van der Waals surface area contributed by atoms with Crippen LogP contribution < -0.4 is 10.2 Å². The summed E-state index contributed by atoms with van der Waals surface area (Å²) in [6.07, 6.45) is 1.22. The molecule has 106 valence electrons. The highest BCUT2D eigenvalue weighted by Crippen LogP contribution is 2.36. The van der Waals surface area contributed by atoms with Crippen LogP contribution in [0.25, 0.3) is 0 Å². The fraction of sp³-hybridized carbons (Fsp3) is 0.625. The zero-order valence-electron chi connectivity index (χ0n) is 12.5. The maximum atomic E-state index is 13.4. The predicted molar refractivity (Wildman–Crippen MR) is 78.9 cm³/mol. The average molecular weight is 264 g/mol. The molecule has 1 aliphatic rings. The molecule has 0 amide bonds. The molecule has 1 saturated heterocycles. The molecular formula is C16H25FN2. The van der Waals surface area contributed by atoms with Crippen molar-refractivity contribution in [2.75, 3.05) is 25.0 Å². The molecule has 3 heteroatoms. The highest BCUT2D eigenvalue weighted by atomic mass is 19.1. The standard InChI is InChI=1S/C16H25FN2/c1-16(2,3)13-7-8-19(11-13)15-6-5-14(17)9-12(15)10-18-4/h5-6,9,13,18H,7-8,10-11H2,1-4H3. The van der Waals surface area contributed by atoms with Crippen LogP contribution in [0.2, 0.25) is 0 Å². The average Bonchev–Trinajstić information content (AvgIpc) is 2.78. The summed E-state index contributed by atoms with van der Waals surface area (Å²) in [5, 5.41) is 3.12. The van der Waals surface area contributed by atoms with Crippen molar-refractivity contribution < 1.29 is 4.39 Å². The molecule has 1 heterocycles. The summed E-state index contributed by atoms with van der Waals surface area (Å²) in [7, 11) is 1.90. The number of halogens is 1. The monoisotopic (exact) mass is 264 g/mol. The Bertz CT molecular complexity index is 437. The van der Waals surface area contributed by atoms with E-state index in [1.54, 1.807) is 12.1 Å². The third-order valence-electron chi connectivity index (χ3n) is 4.16. The molecule has 0 spiro atoms. The second kappa shape index (κ2) is 5.49. The third-order valence-corrected chi connectivity index (χ3v) is 4.16. The SMILES string of the molecule is CNCc1cc(F)ccc1N1CCC(C(C)(C)C)C1. The van der Waals surface area contributed by atoms with Crippen molar-refractivity contribution in [3.05, 3.63) is 29.6 Å². The molecule has 1 aromatic carbocycles. The van der Waals surface area contributed by atoms with Gasteiger partial charge in [0.1, 0.15) is 5.82 Å². The van der Waals surface area contributed by atoms with E-state index >= 15 is 0 Å². The topological polar surface area (TPSA) is 15.3 Å². The predicted octanol–water partition coefficient (Wildman–Crippen LogP) is 3.42. The first-order valence-electron chi connectivity index (χ1n) is 7.10.